The number of halogens is 2. The molecule has 0 aliphatic heterocycles. The largest absolute Gasteiger partial charge is 0.397 e. The summed E-state index contributed by atoms with van der Waals surface area (Å²) in [7, 11) is 0. The molecule has 2 N–H and O–H groups in total. The summed E-state index contributed by atoms with van der Waals surface area (Å²) < 4.78 is 13.5. The zero-order valence-electron chi connectivity index (χ0n) is 7.74. The minimum atomic E-state index is -0.340. The van der Waals surface area contributed by atoms with Crippen molar-refractivity contribution in [2.45, 2.75) is 0 Å². The standard InChI is InChI=1S/C11H8ClFN2/c12-9-6-15-5-8(11(9)14)7-3-1-2-4-10(7)13/h1-6H,(H2,14,15). The monoisotopic (exact) mass is 222 g/mol. The average Bonchev–Trinajstić information content (AvgIpc) is 2.23. The molecule has 4 heteroatoms. The van der Waals surface area contributed by atoms with E-state index in [1.807, 2.05) is 0 Å². The topological polar surface area (TPSA) is 38.9 Å². The number of nitrogens with zero attached hydrogens (tertiary/aromatic N) is 1. The van der Waals surface area contributed by atoms with Crippen LogP contribution in [0.25, 0.3) is 11.1 Å². The van der Waals surface area contributed by atoms with Gasteiger partial charge in [0.2, 0.25) is 0 Å². The van der Waals surface area contributed by atoms with E-state index in [-0.39, 0.29) is 5.82 Å². The van der Waals surface area contributed by atoms with Crippen LogP contribution in [-0.4, -0.2) is 4.98 Å². The molecular weight excluding hydrogens is 215 g/mol. The summed E-state index contributed by atoms with van der Waals surface area (Å²) in [5, 5.41) is 0.329. The number of aromatic nitrogens is 1. The molecule has 0 unspecified atom stereocenters. The van der Waals surface area contributed by atoms with E-state index in [0.717, 1.165) is 0 Å². The summed E-state index contributed by atoms with van der Waals surface area (Å²) in [4.78, 5) is 3.88. The highest BCUT2D eigenvalue weighted by Gasteiger charge is 2.09. The first kappa shape index (κ1) is 9.93. The van der Waals surface area contributed by atoms with Crippen molar-refractivity contribution < 1.29 is 4.39 Å². The molecule has 0 atom stereocenters. The highest BCUT2D eigenvalue weighted by Crippen LogP contribution is 2.31. The van der Waals surface area contributed by atoms with Gasteiger partial charge >= 0.3 is 0 Å². The van der Waals surface area contributed by atoms with E-state index in [2.05, 4.69) is 4.98 Å². The van der Waals surface area contributed by atoms with Crippen molar-refractivity contribution in [1.29, 1.82) is 0 Å². The van der Waals surface area contributed by atoms with Crippen molar-refractivity contribution in [2.75, 3.05) is 5.73 Å². The Labute approximate surface area is 91.5 Å². The summed E-state index contributed by atoms with van der Waals surface area (Å²) in [6.07, 6.45) is 2.93. The second-order valence-electron chi connectivity index (χ2n) is 3.06. The van der Waals surface area contributed by atoms with Gasteiger partial charge in [0.25, 0.3) is 0 Å². The second kappa shape index (κ2) is 3.87. The van der Waals surface area contributed by atoms with E-state index in [9.17, 15) is 4.39 Å². The van der Waals surface area contributed by atoms with E-state index in [4.69, 9.17) is 17.3 Å². The number of nitrogen functional groups attached to an aromatic ring is 1. The number of pyridine rings is 1. The Morgan fingerprint density at radius 1 is 1.13 bits per heavy atom. The van der Waals surface area contributed by atoms with Gasteiger partial charge in [-0.2, -0.15) is 0 Å². The van der Waals surface area contributed by atoms with Gasteiger partial charge in [0.15, 0.2) is 0 Å². The molecule has 0 saturated heterocycles. The molecule has 15 heavy (non-hydrogen) atoms. The van der Waals surface area contributed by atoms with E-state index >= 15 is 0 Å². The van der Waals surface area contributed by atoms with Crippen LogP contribution in [0.4, 0.5) is 10.1 Å². The van der Waals surface area contributed by atoms with E-state index in [1.165, 1.54) is 18.5 Å². The molecule has 0 spiro atoms. The molecular formula is C11H8ClFN2. The van der Waals surface area contributed by atoms with E-state index in [1.54, 1.807) is 18.2 Å². The minimum Gasteiger partial charge on any atom is -0.397 e. The molecule has 1 heterocycles. The fourth-order valence-electron chi connectivity index (χ4n) is 1.34. The summed E-state index contributed by atoms with van der Waals surface area (Å²) in [6.45, 7) is 0. The van der Waals surface area contributed by atoms with Crippen LogP contribution in [0, 0.1) is 5.82 Å². The Morgan fingerprint density at radius 3 is 2.60 bits per heavy atom. The van der Waals surface area contributed by atoms with Crippen molar-refractivity contribution in [3.05, 3.63) is 47.5 Å². The Hall–Kier alpha value is -1.61. The van der Waals surface area contributed by atoms with Crippen LogP contribution in [0.15, 0.2) is 36.7 Å². The lowest BCUT2D eigenvalue weighted by molar-refractivity contribution is 0.631. The minimum absolute atomic E-state index is 0.329. The summed E-state index contributed by atoms with van der Waals surface area (Å²) in [5.74, 6) is -0.340. The van der Waals surface area contributed by atoms with Gasteiger partial charge in [0.05, 0.1) is 10.7 Å². The van der Waals surface area contributed by atoms with Crippen LogP contribution < -0.4 is 5.73 Å². The van der Waals surface area contributed by atoms with E-state index < -0.39 is 0 Å². The highest BCUT2D eigenvalue weighted by molar-refractivity contribution is 6.33. The van der Waals surface area contributed by atoms with Crippen molar-refractivity contribution >= 4 is 17.3 Å². The molecule has 0 saturated carbocycles. The van der Waals surface area contributed by atoms with Gasteiger partial charge in [-0.05, 0) is 6.07 Å². The maximum absolute atomic E-state index is 13.5. The second-order valence-corrected chi connectivity index (χ2v) is 3.47. The van der Waals surface area contributed by atoms with Crippen molar-refractivity contribution in [2.24, 2.45) is 0 Å². The molecule has 2 rings (SSSR count). The van der Waals surface area contributed by atoms with Gasteiger partial charge in [0, 0.05) is 23.5 Å². The molecule has 1 aromatic carbocycles. The van der Waals surface area contributed by atoms with Crippen molar-refractivity contribution in [1.82, 2.24) is 4.98 Å². The number of nitrogens with two attached hydrogens (primary N) is 1. The zero-order chi connectivity index (χ0) is 10.8. The zero-order valence-corrected chi connectivity index (χ0v) is 8.50. The first-order valence-electron chi connectivity index (χ1n) is 4.34. The smallest absolute Gasteiger partial charge is 0.131 e. The van der Waals surface area contributed by atoms with Gasteiger partial charge in [0.1, 0.15) is 5.82 Å². The van der Waals surface area contributed by atoms with Gasteiger partial charge < -0.3 is 5.73 Å². The van der Waals surface area contributed by atoms with Gasteiger partial charge in [-0.3, -0.25) is 4.98 Å². The van der Waals surface area contributed by atoms with Gasteiger partial charge in [-0.1, -0.05) is 29.8 Å². The Balaban J connectivity index is 2.65. The maximum Gasteiger partial charge on any atom is 0.131 e. The van der Waals surface area contributed by atoms with Crippen LogP contribution in [0.1, 0.15) is 0 Å². The van der Waals surface area contributed by atoms with Crippen LogP contribution in [0.5, 0.6) is 0 Å². The third-order valence-corrected chi connectivity index (χ3v) is 2.40. The molecule has 1 aromatic heterocycles. The predicted molar refractivity (Wildman–Crippen MR) is 59.1 cm³/mol. The first-order valence-corrected chi connectivity index (χ1v) is 4.72. The molecule has 0 aliphatic carbocycles. The van der Waals surface area contributed by atoms with Crippen LogP contribution >= 0.6 is 11.6 Å². The third kappa shape index (κ3) is 1.78. The SMILES string of the molecule is Nc1c(Cl)cncc1-c1ccccc1F. The number of hydrogen-bond donors (Lipinski definition) is 1. The molecule has 0 amide bonds. The summed E-state index contributed by atoms with van der Waals surface area (Å²) >= 11 is 5.81. The lowest BCUT2D eigenvalue weighted by atomic mass is 10.1. The number of hydrogen-bond acceptors (Lipinski definition) is 2. The van der Waals surface area contributed by atoms with Crippen molar-refractivity contribution in [3.8, 4) is 11.1 Å². The third-order valence-electron chi connectivity index (χ3n) is 2.10. The van der Waals surface area contributed by atoms with E-state index in [0.29, 0.717) is 21.8 Å². The van der Waals surface area contributed by atoms with Gasteiger partial charge in [-0.15, -0.1) is 0 Å². The highest BCUT2D eigenvalue weighted by atomic mass is 35.5. The molecule has 0 fully saturated rings. The average molecular weight is 223 g/mol. The number of benzene rings is 1. The molecule has 2 aromatic rings. The Bertz CT molecular complexity index is 500. The molecule has 0 aliphatic rings. The van der Waals surface area contributed by atoms with Crippen LogP contribution in [0.2, 0.25) is 5.02 Å². The number of rotatable bonds is 1. The molecule has 0 bridgehead atoms. The molecule has 0 radical (unpaired) electrons. The number of anilines is 1. The first-order chi connectivity index (χ1) is 7.20. The lowest BCUT2D eigenvalue weighted by Gasteiger charge is -2.07. The summed E-state index contributed by atoms with van der Waals surface area (Å²) in [5.41, 5.74) is 7.01. The lowest BCUT2D eigenvalue weighted by Crippen LogP contribution is -1.94. The Kier molecular flexibility index (Phi) is 2.56. The summed E-state index contributed by atoms with van der Waals surface area (Å²) in [6, 6.07) is 6.36. The molecule has 2 nitrogen and oxygen atoms in total. The van der Waals surface area contributed by atoms with Crippen molar-refractivity contribution in [3.63, 3.8) is 0 Å². The predicted octanol–water partition coefficient (Wildman–Crippen LogP) is 3.12. The quantitative estimate of drug-likeness (QED) is 0.805. The normalized spacial score (nSPS) is 10.3. The molecule has 76 valence electrons. The fraction of sp³-hybridized carbons (Fsp3) is 0. The fourth-order valence-corrected chi connectivity index (χ4v) is 1.50. The van der Waals surface area contributed by atoms with Crippen LogP contribution in [-0.2, 0) is 0 Å². The van der Waals surface area contributed by atoms with Crippen LogP contribution in [0.3, 0.4) is 0 Å². The van der Waals surface area contributed by atoms with Gasteiger partial charge in [-0.25, -0.2) is 4.39 Å². The maximum atomic E-state index is 13.5. The Morgan fingerprint density at radius 2 is 1.87 bits per heavy atom.